The van der Waals surface area contributed by atoms with Gasteiger partial charge in [-0.25, -0.2) is 0 Å². The van der Waals surface area contributed by atoms with Crippen molar-refractivity contribution in [1.82, 2.24) is 4.90 Å². The minimum absolute atomic E-state index is 0.0822. The van der Waals surface area contributed by atoms with Crippen LogP contribution < -0.4 is 0 Å². The lowest BCUT2D eigenvalue weighted by atomic mass is 10.2. The first kappa shape index (κ1) is 12.5. The molecule has 1 rings (SSSR count). The van der Waals surface area contributed by atoms with Gasteiger partial charge < -0.3 is 4.74 Å². The smallest absolute Gasteiger partial charge is 0.307 e. The summed E-state index contributed by atoms with van der Waals surface area (Å²) in [7, 11) is 1.22. The van der Waals surface area contributed by atoms with Crippen molar-refractivity contribution in [3.05, 3.63) is 0 Å². The Morgan fingerprint density at radius 1 is 1.62 bits per heavy atom. The van der Waals surface area contributed by atoms with Gasteiger partial charge in [0.1, 0.15) is 5.25 Å². The summed E-state index contributed by atoms with van der Waals surface area (Å²) in [6.07, 6.45) is -0.0161. The van der Waals surface area contributed by atoms with Crippen molar-refractivity contribution in [1.29, 1.82) is 5.26 Å². The Bertz CT molecular complexity index is 363. The quantitative estimate of drug-likeness (QED) is 0.668. The second kappa shape index (κ2) is 5.51. The Kier molecular flexibility index (Phi) is 4.31. The van der Waals surface area contributed by atoms with Crippen molar-refractivity contribution in [2.24, 2.45) is 0 Å². The molecule has 1 atom stereocenters. The first-order chi connectivity index (χ1) is 7.60. The molecule has 2 amide bonds. The van der Waals surface area contributed by atoms with Gasteiger partial charge in [-0.2, -0.15) is 5.26 Å². The van der Waals surface area contributed by atoms with Crippen molar-refractivity contribution >= 4 is 28.9 Å². The predicted octanol–water partition coefficient (Wildman–Crippen LogP) is 0.527. The summed E-state index contributed by atoms with van der Waals surface area (Å²) in [4.78, 5) is 35.0. The molecule has 0 saturated carbocycles. The summed E-state index contributed by atoms with van der Waals surface area (Å²) in [5.41, 5.74) is 0. The van der Waals surface area contributed by atoms with Gasteiger partial charge in [0, 0.05) is 6.54 Å². The summed E-state index contributed by atoms with van der Waals surface area (Å²) in [6, 6.07) is 1.86. The van der Waals surface area contributed by atoms with Gasteiger partial charge in [0.2, 0.25) is 5.91 Å². The number of nitrogens with zero attached hydrogens (tertiary/aromatic N) is 2. The maximum absolute atomic E-state index is 11.6. The van der Waals surface area contributed by atoms with Crippen LogP contribution in [0.2, 0.25) is 0 Å². The minimum Gasteiger partial charge on any atom is -0.469 e. The third-order valence-corrected chi connectivity index (χ3v) is 3.11. The average molecular weight is 242 g/mol. The van der Waals surface area contributed by atoms with E-state index in [1.165, 1.54) is 7.11 Å². The van der Waals surface area contributed by atoms with E-state index >= 15 is 0 Å². The first-order valence-corrected chi connectivity index (χ1v) is 5.44. The molecule has 0 aliphatic carbocycles. The number of imide groups is 1. The number of thioether (sulfide) groups is 1. The van der Waals surface area contributed by atoms with E-state index in [4.69, 9.17) is 5.26 Å². The molecule has 16 heavy (non-hydrogen) atoms. The van der Waals surface area contributed by atoms with Gasteiger partial charge in [-0.3, -0.25) is 19.3 Å². The Morgan fingerprint density at radius 2 is 2.31 bits per heavy atom. The van der Waals surface area contributed by atoms with Crippen LogP contribution in [0.15, 0.2) is 0 Å². The fourth-order valence-corrected chi connectivity index (χ4v) is 2.23. The van der Waals surface area contributed by atoms with E-state index in [9.17, 15) is 14.4 Å². The SMILES string of the molecule is COC(=O)CC1SC(=O)N(CCC#N)C1=O. The van der Waals surface area contributed by atoms with Crippen LogP contribution in [-0.2, 0) is 14.3 Å². The van der Waals surface area contributed by atoms with Crippen LogP contribution in [0.3, 0.4) is 0 Å². The maximum atomic E-state index is 11.6. The third-order valence-electron chi connectivity index (χ3n) is 2.03. The minimum atomic E-state index is -0.710. The van der Waals surface area contributed by atoms with Crippen LogP contribution in [0, 0.1) is 11.3 Å². The average Bonchev–Trinajstić information content (AvgIpc) is 2.52. The predicted molar refractivity (Wildman–Crippen MR) is 55.4 cm³/mol. The van der Waals surface area contributed by atoms with Crippen LogP contribution in [0.25, 0.3) is 0 Å². The van der Waals surface area contributed by atoms with Crippen LogP contribution in [0.1, 0.15) is 12.8 Å². The zero-order valence-corrected chi connectivity index (χ0v) is 9.45. The number of carbonyl (C=O) groups is 3. The van der Waals surface area contributed by atoms with Crippen LogP contribution in [-0.4, -0.2) is 40.9 Å². The van der Waals surface area contributed by atoms with E-state index in [0.29, 0.717) is 0 Å². The van der Waals surface area contributed by atoms with Crippen molar-refractivity contribution in [2.75, 3.05) is 13.7 Å². The number of esters is 1. The lowest BCUT2D eigenvalue weighted by molar-refractivity contribution is -0.142. The molecule has 1 unspecified atom stereocenters. The van der Waals surface area contributed by atoms with Crippen LogP contribution in [0.4, 0.5) is 4.79 Å². The second-order valence-electron chi connectivity index (χ2n) is 3.05. The van der Waals surface area contributed by atoms with Gasteiger partial charge in [0.05, 0.1) is 26.0 Å². The van der Waals surface area contributed by atoms with Crippen molar-refractivity contribution in [3.8, 4) is 6.07 Å². The van der Waals surface area contributed by atoms with Crippen molar-refractivity contribution in [3.63, 3.8) is 0 Å². The number of rotatable bonds is 4. The second-order valence-corrected chi connectivity index (χ2v) is 4.20. The van der Waals surface area contributed by atoms with Crippen molar-refractivity contribution in [2.45, 2.75) is 18.1 Å². The summed E-state index contributed by atoms with van der Waals surface area (Å²) in [5, 5.41) is 7.25. The first-order valence-electron chi connectivity index (χ1n) is 4.56. The lowest BCUT2D eigenvalue weighted by Gasteiger charge is -2.10. The standard InChI is InChI=1S/C9H10N2O4S/c1-15-7(12)5-6-8(13)11(4-2-3-10)9(14)16-6/h6H,2,4-5H2,1H3. The zero-order valence-electron chi connectivity index (χ0n) is 8.63. The zero-order chi connectivity index (χ0) is 12.1. The molecule has 0 bridgehead atoms. The fourth-order valence-electron chi connectivity index (χ4n) is 1.23. The third kappa shape index (κ3) is 2.73. The number of methoxy groups -OCH3 is 1. The van der Waals surface area contributed by atoms with E-state index in [0.717, 1.165) is 16.7 Å². The highest BCUT2D eigenvalue weighted by molar-refractivity contribution is 8.15. The number of nitriles is 1. The Labute approximate surface area is 96.5 Å². The largest absolute Gasteiger partial charge is 0.469 e. The number of hydrogen-bond acceptors (Lipinski definition) is 6. The molecule has 1 fully saturated rings. The van der Waals surface area contributed by atoms with Gasteiger partial charge >= 0.3 is 5.97 Å². The highest BCUT2D eigenvalue weighted by Crippen LogP contribution is 2.29. The van der Waals surface area contributed by atoms with E-state index in [2.05, 4.69) is 4.74 Å². The molecule has 1 saturated heterocycles. The van der Waals surface area contributed by atoms with Crippen molar-refractivity contribution < 1.29 is 19.1 Å². The fraction of sp³-hybridized carbons (Fsp3) is 0.556. The Balaban J connectivity index is 2.60. The lowest BCUT2D eigenvalue weighted by Crippen LogP contribution is -2.33. The number of amides is 2. The van der Waals surface area contributed by atoms with E-state index < -0.39 is 22.4 Å². The molecule has 0 radical (unpaired) electrons. The van der Waals surface area contributed by atoms with Gasteiger partial charge in [-0.1, -0.05) is 11.8 Å². The van der Waals surface area contributed by atoms with Gasteiger partial charge in [-0.15, -0.1) is 0 Å². The summed E-state index contributed by atoms with van der Waals surface area (Å²) >= 11 is 0.803. The van der Waals surface area contributed by atoms with E-state index in [1.807, 2.05) is 6.07 Å². The monoisotopic (exact) mass is 242 g/mol. The van der Waals surface area contributed by atoms with Gasteiger partial charge in [0.25, 0.3) is 5.24 Å². The Hall–Kier alpha value is -1.55. The van der Waals surface area contributed by atoms with Gasteiger partial charge in [0.15, 0.2) is 0 Å². The topological polar surface area (TPSA) is 87.5 Å². The van der Waals surface area contributed by atoms with Gasteiger partial charge in [-0.05, 0) is 0 Å². The molecule has 0 N–H and O–H groups in total. The molecular weight excluding hydrogens is 232 g/mol. The molecule has 86 valence electrons. The van der Waals surface area contributed by atoms with E-state index in [1.54, 1.807) is 0 Å². The molecule has 0 aromatic rings. The number of carbonyl (C=O) groups excluding carboxylic acids is 3. The molecular formula is C9H10N2O4S. The molecule has 7 heteroatoms. The normalized spacial score (nSPS) is 19.8. The number of hydrogen-bond donors (Lipinski definition) is 0. The van der Waals surface area contributed by atoms with E-state index in [-0.39, 0.29) is 19.4 Å². The molecule has 0 aromatic heterocycles. The molecule has 0 aromatic carbocycles. The highest BCUT2D eigenvalue weighted by Gasteiger charge is 2.40. The van der Waals surface area contributed by atoms with Crippen LogP contribution >= 0.6 is 11.8 Å². The molecule has 0 spiro atoms. The molecule has 1 aliphatic rings. The summed E-state index contributed by atoms with van der Waals surface area (Å²) in [6.45, 7) is 0.0822. The maximum Gasteiger partial charge on any atom is 0.307 e. The number of ether oxygens (including phenoxy) is 1. The highest BCUT2D eigenvalue weighted by atomic mass is 32.2. The Morgan fingerprint density at radius 3 is 2.88 bits per heavy atom. The summed E-state index contributed by atoms with van der Waals surface area (Å²) < 4.78 is 4.43. The van der Waals surface area contributed by atoms with Crippen LogP contribution in [0.5, 0.6) is 0 Å². The molecule has 6 nitrogen and oxygen atoms in total. The molecule has 1 heterocycles. The summed E-state index contributed by atoms with van der Waals surface area (Å²) in [5.74, 6) is -0.948. The molecule has 1 aliphatic heterocycles.